The van der Waals surface area contributed by atoms with Crippen LogP contribution in [0.3, 0.4) is 0 Å². The number of aliphatic hydroxyl groups is 1. The van der Waals surface area contributed by atoms with Gasteiger partial charge in [-0.25, -0.2) is 0 Å². The third-order valence-corrected chi connectivity index (χ3v) is 7.15. The normalized spacial score (nSPS) is 19.4. The molecule has 3 aromatic rings. The lowest BCUT2D eigenvalue weighted by Crippen LogP contribution is -2.49. The molecule has 0 aliphatic carbocycles. The summed E-state index contributed by atoms with van der Waals surface area (Å²) in [6.07, 6.45) is 4.76. The molecule has 0 spiro atoms. The van der Waals surface area contributed by atoms with Gasteiger partial charge in [0.2, 0.25) is 11.8 Å². The first-order valence-electron chi connectivity index (χ1n) is 12.9. The van der Waals surface area contributed by atoms with Gasteiger partial charge < -0.3 is 19.8 Å². The molecule has 1 aromatic carbocycles. The summed E-state index contributed by atoms with van der Waals surface area (Å²) in [5.74, 6) is -0.228. The second-order valence-electron chi connectivity index (χ2n) is 10.7. The predicted octanol–water partition coefficient (Wildman–Crippen LogP) is 4.01. The van der Waals surface area contributed by atoms with Crippen LogP contribution in [-0.4, -0.2) is 55.4 Å². The van der Waals surface area contributed by atoms with Gasteiger partial charge in [0.15, 0.2) is 0 Å². The Morgan fingerprint density at radius 3 is 2.38 bits per heavy atom. The zero-order valence-electron chi connectivity index (χ0n) is 22.4. The van der Waals surface area contributed by atoms with Gasteiger partial charge in [-0.05, 0) is 42.4 Å². The summed E-state index contributed by atoms with van der Waals surface area (Å²) in [5, 5.41) is 21.8. The average molecular weight is 508 g/mol. The van der Waals surface area contributed by atoms with Gasteiger partial charge in [0.1, 0.15) is 18.3 Å². The summed E-state index contributed by atoms with van der Waals surface area (Å²) in [6, 6.07) is 6.27. The van der Waals surface area contributed by atoms with Gasteiger partial charge in [-0.3, -0.25) is 14.3 Å². The Morgan fingerprint density at radius 2 is 1.81 bits per heavy atom. The van der Waals surface area contributed by atoms with Crippen molar-refractivity contribution >= 4 is 11.8 Å². The third kappa shape index (κ3) is 5.61. The molecule has 2 amide bonds. The maximum Gasteiger partial charge on any atom is 0.248 e. The lowest BCUT2D eigenvalue weighted by Gasteiger charge is -2.30. The first kappa shape index (κ1) is 26.6. The Kier molecular flexibility index (Phi) is 7.82. The molecule has 0 radical (unpaired) electrons. The van der Waals surface area contributed by atoms with Gasteiger partial charge in [-0.15, -0.1) is 0 Å². The van der Waals surface area contributed by atoms with E-state index in [1.165, 1.54) is 4.90 Å². The van der Waals surface area contributed by atoms with E-state index in [2.05, 4.69) is 29.4 Å². The van der Waals surface area contributed by atoms with Crippen molar-refractivity contribution in [2.24, 2.45) is 5.92 Å². The molecule has 1 aliphatic heterocycles. The molecule has 9 nitrogen and oxygen atoms in total. The van der Waals surface area contributed by atoms with Crippen molar-refractivity contribution in [2.75, 3.05) is 6.54 Å². The minimum Gasteiger partial charge on any atom is -0.391 e. The van der Waals surface area contributed by atoms with Crippen LogP contribution in [0.4, 0.5) is 0 Å². The number of carbonyl (C=O) groups is 2. The maximum atomic E-state index is 13.7. The van der Waals surface area contributed by atoms with Crippen LogP contribution in [0.1, 0.15) is 75.9 Å². The number of benzene rings is 1. The fourth-order valence-corrected chi connectivity index (χ4v) is 4.90. The minimum atomic E-state index is -0.752. The molecular formula is C28H37N5O4. The van der Waals surface area contributed by atoms with Crippen molar-refractivity contribution in [3.63, 3.8) is 0 Å². The van der Waals surface area contributed by atoms with Gasteiger partial charge in [-0.1, -0.05) is 57.1 Å². The molecule has 9 heteroatoms. The summed E-state index contributed by atoms with van der Waals surface area (Å²) in [6.45, 7) is 12.0. The van der Waals surface area contributed by atoms with Gasteiger partial charge in [0.05, 0.1) is 24.0 Å². The van der Waals surface area contributed by atoms with Gasteiger partial charge >= 0.3 is 0 Å². The molecule has 1 saturated heterocycles. The number of likely N-dealkylation sites (tertiary alicyclic amines) is 1. The quantitative estimate of drug-likeness (QED) is 0.476. The molecule has 198 valence electrons. The van der Waals surface area contributed by atoms with E-state index in [9.17, 15) is 14.7 Å². The Balaban J connectivity index is 1.48. The largest absolute Gasteiger partial charge is 0.391 e. The Hall–Kier alpha value is -3.46. The number of hydrogen-bond acceptors (Lipinski definition) is 6. The van der Waals surface area contributed by atoms with E-state index >= 15 is 0 Å². The first-order chi connectivity index (χ1) is 17.6. The van der Waals surface area contributed by atoms with Crippen molar-refractivity contribution in [3.05, 3.63) is 59.7 Å². The van der Waals surface area contributed by atoms with Crippen molar-refractivity contribution in [3.8, 4) is 11.1 Å². The number of carbonyl (C=O) groups excluding carboxylic acids is 2. The molecule has 4 unspecified atom stereocenters. The Morgan fingerprint density at radius 1 is 1.11 bits per heavy atom. The predicted molar refractivity (Wildman–Crippen MR) is 140 cm³/mol. The van der Waals surface area contributed by atoms with Crippen molar-refractivity contribution < 1.29 is 19.2 Å². The van der Waals surface area contributed by atoms with Gasteiger partial charge in [0, 0.05) is 24.7 Å². The van der Waals surface area contributed by atoms with Crippen LogP contribution in [0.2, 0.25) is 0 Å². The molecule has 1 fully saturated rings. The molecule has 37 heavy (non-hydrogen) atoms. The number of aromatic nitrogens is 3. The summed E-state index contributed by atoms with van der Waals surface area (Å²) in [4.78, 5) is 28.6. The average Bonchev–Trinajstić information content (AvgIpc) is 3.59. The number of amides is 2. The Bertz CT molecular complexity index is 1230. The summed E-state index contributed by atoms with van der Waals surface area (Å²) in [5.41, 5.74) is 4.70. The zero-order chi connectivity index (χ0) is 26.9. The molecule has 3 heterocycles. The van der Waals surface area contributed by atoms with Crippen LogP contribution in [0.5, 0.6) is 0 Å². The Labute approximate surface area is 217 Å². The molecule has 0 bridgehead atoms. The third-order valence-electron chi connectivity index (χ3n) is 7.15. The fourth-order valence-electron chi connectivity index (χ4n) is 4.90. The van der Waals surface area contributed by atoms with Gasteiger partial charge in [-0.2, -0.15) is 5.10 Å². The SMILES string of the molecule is Cc1nocc1-c1ccc(C(C)NC(=O)C2CC(O)CN2C(=O)C(C(C)C)n2cc(C(C)C)cn2)cc1. The van der Waals surface area contributed by atoms with Crippen LogP contribution in [0.25, 0.3) is 11.1 Å². The first-order valence-corrected chi connectivity index (χ1v) is 12.9. The highest BCUT2D eigenvalue weighted by Crippen LogP contribution is 2.29. The molecule has 0 saturated carbocycles. The highest BCUT2D eigenvalue weighted by Gasteiger charge is 2.42. The van der Waals surface area contributed by atoms with Crippen molar-refractivity contribution in [2.45, 2.75) is 78.1 Å². The van der Waals surface area contributed by atoms with E-state index < -0.39 is 18.2 Å². The molecule has 4 atom stereocenters. The van der Waals surface area contributed by atoms with E-state index in [-0.39, 0.29) is 36.7 Å². The molecule has 2 N–H and O–H groups in total. The second-order valence-corrected chi connectivity index (χ2v) is 10.7. The molecule has 4 rings (SSSR count). The summed E-state index contributed by atoms with van der Waals surface area (Å²) < 4.78 is 6.73. The number of nitrogens with one attached hydrogen (secondary N) is 1. The molecule has 2 aromatic heterocycles. The number of aliphatic hydroxyl groups excluding tert-OH is 1. The minimum absolute atomic E-state index is 0.0413. The number of β-amino-alcohol motifs (C(OH)–C–C–N with tert-alkyl or cyclic N) is 1. The smallest absolute Gasteiger partial charge is 0.248 e. The second kappa shape index (κ2) is 10.9. The lowest BCUT2D eigenvalue weighted by atomic mass is 10.0. The summed E-state index contributed by atoms with van der Waals surface area (Å²) >= 11 is 0. The van der Waals surface area contributed by atoms with E-state index in [1.807, 2.05) is 58.2 Å². The van der Waals surface area contributed by atoms with Crippen LogP contribution in [-0.2, 0) is 9.59 Å². The monoisotopic (exact) mass is 507 g/mol. The fraction of sp³-hybridized carbons (Fsp3) is 0.500. The van der Waals surface area contributed by atoms with E-state index in [1.54, 1.807) is 17.1 Å². The van der Waals surface area contributed by atoms with Crippen molar-refractivity contribution in [1.29, 1.82) is 0 Å². The van der Waals surface area contributed by atoms with E-state index in [0.717, 1.165) is 27.9 Å². The number of nitrogens with zero attached hydrogens (tertiary/aromatic N) is 4. The maximum absolute atomic E-state index is 13.7. The molecular weight excluding hydrogens is 470 g/mol. The van der Waals surface area contributed by atoms with E-state index in [0.29, 0.717) is 5.92 Å². The molecule has 1 aliphatic rings. The summed E-state index contributed by atoms with van der Waals surface area (Å²) in [7, 11) is 0. The highest BCUT2D eigenvalue weighted by molar-refractivity contribution is 5.90. The standard InChI is InChI=1S/C28H37N5O4/c1-16(2)22-12-29-33(13-22)26(17(3)4)28(36)32-14-23(34)11-25(32)27(35)30-18(5)20-7-9-21(10-8-20)24-15-37-31-19(24)6/h7-10,12-13,15-18,23,25-26,34H,11,14H2,1-6H3,(H,30,35). The number of rotatable bonds is 8. The number of hydrogen-bond donors (Lipinski definition) is 2. The van der Waals surface area contributed by atoms with Crippen LogP contribution in [0.15, 0.2) is 47.4 Å². The lowest BCUT2D eigenvalue weighted by molar-refractivity contribution is -0.142. The number of aryl methyl sites for hydroxylation is 1. The topological polar surface area (TPSA) is 113 Å². The highest BCUT2D eigenvalue weighted by atomic mass is 16.5. The van der Waals surface area contributed by atoms with E-state index in [4.69, 9.17) is 4.52 Å². The van der Waals surface area contributed by atoms with Crippen LogP contribution in [0, 0.1) is 12.8 Å². The van der Waals surface area contributed by atoms with Crippen molar-refractivity contribution in [1.82, 2.24) is 25.2 Å². The zero-order valence-corrected chi connectivity index (χ0v) is 22.4. The van der Waals surface area contributed by atoms with Crippen LogP contribution >= 0.6 is 0 Å². The van der Waals surface area contributed by atoms with Gasteiger partial charge in [0.25, 0.3) is 0 Å². The van der Waals surface area contributed by atoms with Crippen LogP contribution < -0.4 is 5.32 Å².